The fourth-order valence-corrected chi connectivity index (χ4v) is 1.36. The maximum Gasteiger partial charge on any atom is 0.0543 e. The van der Waals surface area contributed by atoms with Gasteiger partial charge in [-0.3, -0.25) is 4.68 Å². The van der Waals surface area contributed by atoms with Crippen LogP contribution in [0.1, 0.15) is 39.7 Å². The summed E-state index contributed by atoms with van der Waals surface area (Å²) < 4.78 is 1.98. The molecule has 1 N–H and O–H groups in total. The van der Waals surface area contributed by atoms with Crippen LogP contribution >= 0.6 is 0 Å². The highest BCUT2D eigenvalue weighted by Crippen LogP contribution is 2.13. The second kappa shape index (κ2) is 5.18. The van der Waals surface area contributed by atoms with E-state index >= 15 is 0 Å². The van der Waals surface area contributed by atoms with Crippen molar-refractivity contribution in [3.05, 3.63) is 18.0 Å². The molecule has 1 heterocycles. The highest BCUT2D eigenvalue weighted by Gasteiger charge is 2.13. The summed E-state index contributed by atoms with van der Waals surface area (Å²) >= 11 is 0. The lowest BCUT2D eigenvalue weighted by atomic mass is 10.1. The number of rotatable bonds is 4. The highest BCUT2D eigenvalue weighted by molar-refractivity contribution is 5.05. The van der Waals surface area contributed by atoms with Crippen LogP contribution in [0.15, 0.2) is 12.4 Å². The molecule has 16 heavy (non-hydrogen) atoms. The monoisotopic (exact) mass is 219 g/mol. The van der Waals surface area contributed by atoms with Gasteiger partial charge in [0.1, 0.15) is 0 Å². The number of hydrogen-bond donors (Lipinski definition) is 1. The van der Waals surface area contributed by atoms with Crippen molar-refractivity contribution in [2.24, 2.45) is 0 Å². The Balaban J connectivity index is 2.51. The van der Waals surface area contributed by atoms with Crippen LogP contribution in [0.4, 0.5) is 0 Å². The largest absolute Gasteiger partial charge is 0.309 e. The Labute approximate surface area is 98.2 Å². The third-order valence-electron chi connectivity index (χ3n) is 2.40. The number of hydrogen-bond acceptors (Lipinski definition) is 2. The minimum Gasteiger partial charge on any atom is -0.309 e. The van der Waals surface area contributed by atoms with Gasteiger partial charge in [-0.2, -0.15) is 5.10 Å². The van der Waals surface area contributed by atoms with E-state index in [0.29, 0.717) is 6.04 Å². The van der Waals surface area contributed by atoms with Crippen molar-refractivity contribution in [3.63, 3.8) is 0 Å². The van der Waals surface area contributed by atoms with E-state index in [1.807, 2.05) is 10.9 Å². The summed E-state index contributed by atoms with van der Waals surface area (Å²) in [6.45, 7) is 9.32. The van der Waals surface area contributed by atoms with Crippen molar-refractivity contribution >= 4 is 0 Å². The number of aromatic nitrogens is 2. The van der Waals surface area contributed by atoms with Crippen molar-refractivity contribution < 1.29 is 0 Å². The van der Waals surface area contributed by atoms with Gasteiger partial charge in [-0.05, 0) is 27.7 Å². The van der Waals surface area contributed by atoms with Crippen LogP contribution < -0.4 is 5.32 Å². The lowest BCUT2D eigenvalue weighted by Gasteiger charge is -2.18. The zero-order valence-electron chi connectivity index (χ0n) is 10.6. The van der Waals surface area contributed by atoms with Gasteiger partial charge in [-0.25, -0.2) is 0 Å². The lowest BCUT2D eigenvalue weighted by Crippen LogP contribution is -2.25. The maximum absolute atomic E-state index is 5.25. The van der Waals surface area contributed by atoms with Crippen LogP contribution in [-0.2, 0) is 12.1 Å². The molecule has 0 fully saturated rings. The molecule has 1 rings (SSSR count). The molecule has 0 saturated carbocycles. The molecule has 3 heteroatoms. The molecule has 1 aromatic heterocycles. The van der Waals surface area contributed by atoms with Crippen molar-refractivity contribution in [3.8, 4) is 12.3 Å². The van der Waals surface area contributed by atoms with Crippen LogP contribution in [0, 0.1) is 12.3 Å². The molecule has 0 saturated heterocycles. The highest BCUT2D eigenvalue weighted by atomic mass is 15.3. The van der Waals surface area contributed by atoms with E-state index in [4.69, 9.17) is 6.42 Å². The van der Waals surface area contributed by atoms with Gasteiger partial charge in [0, 0.05) is 30.8 Å². The second-order valence-electron chi connectivity index (χ2n) is 5.15. The first-order chi connectivity index (χ1) is 7.43. The van der Waals surface area contributed by atoms with Crippen molar-refractivity contribution in [1.82, 2.24) is 15.1 Å². The molecule has 0 aromatic carbocycles. The Hall–Kier alpha value is -1.27. The fourth-order valence-electron chi connectivity index (χ4n) is 1.36. The molecule has 1 unspecified atom stereocenters. The first-order valence-electron chi connectivity index (χ1n) is 5.64. The first kappa shape index (κ1) is 12.8. The van der Waals surface area contributed by atoms with Gasteiger partial charge in [0.2, 0.25) is 0 Å². The Kier molecular flexibility index (Phi) is 4.14. The predicted octanol–water partition coefficient (Wildman–Crippen LogP) is 2.14. The molecule has 3 nitrogen and oxygen atoms in total. The Morgan fingerprint density at radius 1 is 1.56 bits per heavy atom. The summed E-state index contributed by atoms with van der Waals surface area (Å²) in [4.78, 5) is 0. The maximum atomic E-state index is 5.25. The summed E-state index contributed by atoms with van der Waals surface area (Å²) in [6, 6.07) is 0.350. The Morgan fingerprint density at radius 2 is 2.25 bits per heavy atom. The molecule has 1 atom stereocenters. The van der Waals surface area contributed by atoms with Crippen LogP contribution in [0.25, 0.3) is 0 Å². The molecule has 1 aromatic rings. The summed E-state index contributed by atoms with van der Waals surface area (Å²) in [5, 5.41) is 7.72. The zero-order chi connectivity index (χ0) is 12.2. The topological polar surface area (TPSA) is 29.9 Å². The normalized spacial score (nSPS) is 13.4. The van der Waals surface area contributed by atoms with Crippen LogP contribution in [-0.4, -0.2) is 15.8 Å². The minimum atomic E-state index is 0.0443. The molecule has 0 aliphatic carbocycles. The molecule has 0 bridgehead atoms. The van der Waals surface area contributed by atoms with Gasteiger partial charge in [0.05, 0.1) is 11.7 Å². The molecule has 0 aliphatic heterocycles. The quantitative estimate of drug-likeness (QED) is 0.786. The first-order valence-corrected chi connectivity index (χ1v) is 5.64. The van der Waals surface area contributed by atoms with Crippen molar-refractivity contribution in [1.29, 1.82) is 0 Å². The van der Waals surface area contributed by atoms with E-state index in [0.717, 1.165) is 13.0 Å². The molecule has 0 aliphatic rings. The van der Waals surface area contributed by atoms with E-state index in [2.05, 4.69) is 50.2 Å². The summed E-state index contributed by atoms with van der Waals surface area (Å²) in [7, 11) is 0. The smallest absolute Gasteiger partial charge is 0.0543 e. The van der Waals surface area contributed by atoms with E-state index in [1.54, 1.807) is 0 Å². The average molecular weight is 219 g/mol. The van der Waals surface area contributed by atoms with E-state index < -0.39 is 0 Å². The van der Waals surface area contributed by atoms with Crippen LogP contribution in [0.3, 0.4) is 0 Å². The fraction of sp³-hybridized carbons (Fsp3) is 0.615. The van der Waals surface area contributed by atoms with Crippen LogP contribution in [0.5, 0.6) is 0 Å². The minimum absolute atomic E-state index is 0.0443. The van der Waals surface area contributed by atoms with Crippen LogP contribution in [0.2, 0.25) is 0 Å². The van der Waals surface area contributed by atoms with Gasteiger partial charge >= 0.3 is 0 Å². The third kappa shape index (κ3) is 3.71. The molecule has 0 radical (unpaired) electrons. The van der Waals surface area contributed by atoms with Gasteiger partial charge in [0.15, 0.2) is 0 Å². The molecular weight excluding hydrogens is 198 g/mol. The molecule has 0 amide bonds. The predicted molar refractivity (Wildman–Crippen MR) is 67.0 cm³/mol. The number of nitrogens with one attached hydrogen (secondary N) is 1. The zero-order valence-corrected chi connectivity index (χ0v) is 10.6. The van der Waals surface area contributed by atoms with Crippen molar-refractivity contribution in [2.45, 2.75) is 52.2 Å². The average Bonchev–Trinajstić information content (AvgIpc) is 2.63. The Bertz CT molecular complexity index is 365. The van der Waals surface area contributed by atoms with Gasteiger partial charge in [-0.15, -0.1) is 12.3 Å². The van der Waals surface area contributed by atoms with Gasteiger partial charge in [0.25, 0.3) is 0 Å². The van der Waals surface area contributed by atoms with E-state index in [9.17, 15) is 0 Å². The summed E-state index contributed by atoms with van der Waals surface area (Å²) in [5.74, 6) is 2.65. The second-order valence-corrected chi connectivity index (χ2v) is 5.15. The third-order valence-corrected chi connectivity index (χ3v) is 2.40. The molecular formula is C13H21N3. The molecule has 0 spiro atoms. The number of nitrogens with zero attached hydrogens (tertiary/aromatic N) is 2. The lowest BCUT2D eigenvalue weighted by molar-refractivity contribution is 0.355. The van der Waals surface area contributed by atoms with Gasteiger partial charge < -0.3 is 5.32 Å². The number of terminal acetylenes is 1. The summed E-state index contributed by atoms with van der Waals surface area (Å²) in [6.07, 6.45) is 9.99. The molecule has 88 valence electrons. The Morgan fingerprint density at radius 3 is 2.75 bits per heavy atom. The van der Waals surface area contributed by atoms with Gasteiger partial charge in [-0.1, -0.05) is 0 Å². The van der Waals surface area contributed by atoms with Crippen molar-refractivity contribution in [2.75, 3.05) is 0 Å². The van der Waals surface area contributed by atoms with E-state index in [1.165, 1.54) is 5.56 Å². The van der Waals surface area contributed by atoms with E-state index in [-0.39, 0.29) is 5.54 Å². The summed E-state index contributed by atoms with van der Waals surface area (Å²) in [5.41, 5.74) is 1.24. The standard InChI is InChI=1S/C13H21N3/c1-6-7-11(2)14-8-12-9-15-16(10-12)13(3,4)5/h1,9-11,14H,7-8H2,2-5H3. The SMILES string of the molecule is C#CCC(C)NCc1cnn(C(C)(C)C)c1.